The second-order valence-electron chi connectivity index (χ2n) is 9.35. The van der Waals surface area contributed by atoms with Crippen LogP contribution in [-0.2, 0) is 12.7 Å². The lowest BCUT2D eigenvalue weighted by molar-refractivity contribution is -0.137. The number of fused-ring (bicyclic) bond motifs is 5. The van der Waals surface area contributed by atoms with E-state index >= 15 is 0 Å². The molecule has 2 aliphatic heterocycles. The molecule has 6 rings (SSSR count). The molecule has 0 saturated heterocycles. The minimum atomic E-state index is -4.39. The summed E-state index contributed by atoms with van der Waals surface area (Å²) in [5.41, 5.74) is 0.496. The summed E-state index contributed by atoms with van der Waals surface area (Å²) in [7, 11) is 1.75. The Bertz CT molecular complexity index is 1340. The Morgan fingerprint density at radius 2 is 1.75 bits per heavy atom. The first-order valence-electron chi connectivity index (χ1n) is 12.0. The summed E-state index contributed by atoms with van der Waals surface area (Å²) >= 11 is 1.44. The first kappa shape index (κ1) is 23.1. The maximum absolute atomic E-state index is 13.6. The summed E-state index contributed by atoms with van der Waals surface area (Å²) in [6.45, 7) is 0.242. The highest BCUT2D eigenvalue weighted by Gasteiger charge is 2.48. The summed E-state index contributed by atoms with van der Waals surface area (Å²) in [5, 5.41) is 5.58. The quantitative estimate of drug-likeness (QED) is 0.453. The Hall–Kier alpha value is -3.27. The SMILES string of the molecule is CN1C(=O)c2c(nn(Cc3ccc(C(F)(F)F)cc3)c2Sc2ccccc2)N2C1=NC1CCCCC12. The largest absolute Gasteiger partial charge is 0.416 e. The topological polar surface area (TPSA) is 53.7 Å². The van der Waals surface area contributed by atoms with Gasteiger partial charge in [0, 0.05) is 11.9 Å². The van der Waals surface area contributed by atoms with E-state index in [9.17, 15) is 18.0 Å². The molecule has 2 unspecified atom stereocenters. The van der Waals surface area contributed by atoms with E-state index < -0.39 is 11.7 Å². The van der Waals surface area contributed by atoms with Gasteiger partial charge in [-0.05, 0) is 42.7 Å². The average molecular weight is 512 g/mol. The Kier molecular flexibility index (Phi) is 5.59. The molecule has 0 spiro atoms. The second-order valence-corrected chi connectivity index (χ2v) is 10.4. The zero-order valence-electron chi connectivity index (χ0n) is 19.6. The molecular weight excluding hydrogens is 487 g/mol. The van der Waals surface area contributed by atoms with Crippen molar-refractivity contribution < 1.29 is 18.0 Å². The number of rotatable bonds is 4. The van der Waals surface area contributed by atoms with Crippen molar-refractivity contribution >= 4 is 29.4 Å². The highest BCUT2D eigenvalue weighted by atomic mass is 32.2. The predicted molar refractivity (Wildman–Crippen MR) is 131 cm³/mol. The number of amides is 1. The molecule has 36 heavy (non-hydrogen) atoms. The fraction of sp³-hybridized carbons (Fsp3) is 0.346. The van der Waals surface area contributed by atoms with Crippen LogP contribution in [0.2, 0.25) is 0 Å². The van der Waals surface area contributed by atoms with E-state index in [-0.39, 0.29) is 24.5 Å². The van der Waals surface area contributed by atoms with Crippen LogP contribution in [0.4, 0.5) is 19.0 Å². The fourth-order valence-corrected chi connectivity index (χ4v) is 6.24. The zero-order chi connectivity index (χ0) is 25.0. The number of benzene rings is 2. The molecule has 6 nitrogen and oxygen atoms in total. The van der Waals surface area contributed by atoms with Crippen LogP contribution in [0.3, 0.4) is 0 Å². The number of halogens is 3. The van der Waals surface area contributed by atoms with Crippen LogP contribution < -0.4 is 4.90 Å². The summed E-state index contributed by atoms with van der Waals surface area (Å²) < 4.78 is 41.0. The van der Waals surface area contributed by atoms with Gasteiger partial charge < -0.3 is 0 Å². The molecule has 3 heterocycles. The van der Waals surface area contributed by atoms with Crippen LogP contribution >= 0.6 is 11.8 Å². The van der Waals surface area contributed by atoms with Gasteiger partial charge in [-0.15, -0.1) is 0 Å². The third-order valence-corrected chi connectivity index (χ3v) is 8.14. The number of alkyl halides is 3. The molecule has 1 aliphatic carbocycles. The van der Waals surface area contributed by atoms with Crippen molar-refractivity contribution in [2.24, 2.45) is 4.99 Å². The van der Waals surface area contributed by atoms with Crippen molar-refractivity contribution in [2.75, 3.05) is 11.9 Å². The Labute approximate surface area is 210 Å². The van der Waals surface area contributed by atoms with Crippen LogP contribution in [-0.4, -0.2) is 45.7 Å². The number of aromatic nitrogens is 2. The number of nitrogens with zero attached hydrogens (tertiary/aromatic N) is 5. The molecule has 1 saturated carbocycles. The number of carbonyl (C=O) groups is 1. The highest BCUT2D eigenvalue weighted by molar-refractivity contribution is 7.99. The molecule has 1 fully saturated rings. The van der Waals surface area contributed by atoms with Gasteiger partial charge in [0.2, 0.25) is 5.96 Å². The number of aliphatic imine (C=N–C) groups is 1. The molecule has 1 amide bonds. The number of hydrogen-bond acceptors (Lipinski definition) is 5. The van der Waals surface area contributed by atoms with Crippen molar-refractivity contribution in [3.05, 3.63) is 71.3 Å². The van der Waals surface area contributed by atoms with Gasteiger partial charge in [-0.1, -0.05) is 54.9 Å². The Balaban J connectivity index is 1.45. The molecule has 3 aliphatic rings. The first-order chi connectivity index (χ1) is 17.3. The van der Waals surface area contributed by atoms with E-state index in [1.807, 2.05) is 30.3 Å². The lowest BCUT2D eigenvalue weighted by Gasteiger charge is -2.36. The van der Waals surface area contributed by atoms with Gasteiger partial charge in [-0.2, -0.15) is 18.3 Å². The first-order valence-corrected chi connectivity index (χ1v) is 12.8. The van der Waals surface area contributed by atoms with Crippen LogP contribution in [0.1, 0.15) is 47.2 Å². The average Bonchev–Trinajstić information content (AvgIpc) is 3.42. The summed E-state index contributed by atoms with van der Waals surface area (Å²) in [6.07, 6.45) is -0.207. The van der Waals surface area contributed by atoms with Crippen LogP contribution in [0.15, 0.2) is 69.5 Å². The van der Waals surface area contributed by atoms with Gasteiger partial charge in [0.05, 0.1) is 24.2 Å². The highest BCUT2D eigenvalue weighted by Crippen LogP contribution is 2.44. The predicted octanol–water partition coefficient (Wildman–Crippen LogP) is 5.67. The van der Waals surface area contributed by atoms with Crippen molar-refractivity contribution in [3.63, 3.8) is 0 Å². The molecule has 186 valence electrons. The molecule has 2 aromatic carbocycles. The van der Waals surface area contributed by atoms with E-state index in [1.165, 1.54) is 23.9 Å². The number of hydrogen-bond donors (Lipinski definition) is 0. The van der Waals surface area contributed by atoms with Crippen molar-refractivity contribution in [2.45, 2.75) is 60.4 Å². The van der Waals surface area contributed by atoms with E-state index in [4.69, 9.17) is 10.1 Å². The van der Waals surface area contributed by atoms with Crippen LogP contribution in [0, 0.1) is 0 Å². The Morgan fingerprint density at radius 1 is 1.03 bits per heavy atom. The number of anilines is 1. The normalized spacial score (nSPS) is 21.2. The minimum Gasteiger partial charge on any atom is -0.289 e. The van der Waals surface area contributed by atoms with Gasteiger partial charge in [0.15, 0.2) is 5.82 Å². The lowest BCUT2D eigenvalue weighted by Crippen LogP contribution is -2.52. The zero-order valence-corrected chi connectivity index (χ0v) is 20.4. The van der Waals surface area contributed by atoms with Gasteiger partial charge in [-0.3, -0.25) is 19.3 Å². The standard InChI is InChI=1S/C26H24F3N5OS/c1-32-23(35)21-22(34-20-10-6-5-9-19(20)30-25(32)34)31-33(24(21)36-18-7-3-2-4-8-18)15-16-11-13-17(14-12-16)26(27,28)29/h2-4,7-8,11-14,19-20H,5-6,9-10,15H2,1H3. The van der Waals surface area contributed by atoms with E-state index in [2.05, 4.69) is 4.90 Å². The van der Waals surface area contributed by atoms with E-state index in [0.29, 0.717) is 27.9 Å². The van der Waals surface area contributed by atoms with Crippen LogP contribution in [0.5, 0.6) is 0 Å². The monoisotopic (exact) mass is 511 g/mol. The van der Waals surface area contributed by atoms with Gasteiger partial charge in [0.25, 0.3) is 5.91 Å². The minimum absolute atomic E-state index is 0.139. The maximum atomic E-state index is 13.6. The number of guanidine groups is 1. The smallest absolute Gasteiger partial charge is 0.289 e. The van der Waals surface area contributed by atoms with E-state index in [1.54, 1.807) is 16.6 Å². The molecule has 2 atom stereocenters. The Morgan fingerprint density at radius 3 is 2.47 bits per heavy atom. The molecule has 0 bridgehead atoms. The molecule has 0 radical (unpaired) electrons. The molecule has 10 heteroatoms. The maximum Gasteiger partial charge on any atom is 0.416 e. The fourth-order valence-electron chi connectivity index (χ4n) is 5.23. The lowest BCUT2D eigenvalue weighted by atomic mass is 9.90. The number of carbonyl (C=O) groups excluding carboxylic acids is 1. The van der Waals surface area contributed by atoms with Crippen LogP contribution in [0.25, 0.3) is 0 Å². The van der Waals surface area contributed by atoms with Crippen molar-refractivity contribution in [1.29, 1.82) is 0 Å². The summed E-state index contributed by atoms with van der Waals surface area (Å²) in [6, 6.07) is 15.1. The third kappa shape index (κ3) is 3.87. The van der Waals surface area contributed by atoms with Gasteiger partial charge in [-0.25, -0.2) is 4.99 Å². The van der Waals surface area contributed by atoms with Gasteiger partial charge >= 0.3 is 6.18 Å². The summed E-state index contributed by atoms with van der Waals surface area (Å²) in [5.74, 6) is 1.06. The molecule has 0 N–H and O–H groups in total. The molecular formula is C26H24F3N5OS. The van der Waals surface area contributed by atoms with Crippen molar-refractivity contribution in [1.82, 2.24) is 14.7 Å². The second kappa shape index (κ2) is 8.69. The summed E-state index contributed by atoms with van der Waals surface area (Å²) in [4.78, 5) is 23.2. The molecule has 3 aromatic rings. The van der Waals surface area contributed by atoms with Gasteiger partial charge in [0.1, 0.15) is 10.6 Å². The third-order valence-electron chi connectivity index (χ3n) is 7.03. The van der Waals surface area contributed by atoms with E-state index in [0.717, 1.165) is 42.7 Å². The van der Waals surface area contributed by atoms with Crippen molar-refractivity contribution in [3.8, 4) is 0 Å². The molecule has 1 aromatic heterocycles.